The van der Waals surface area contributed by atoms with Gasteiger partial charge in [0.15, 0.2) is 16.7 Å². The number of rotatable bonds is 11. The predicted octanol–water partition coefficient (Wildman–Crippen LogP) is 3.88. The summed E-state index contributed by atoms with van der Waals surface area (Å²) in [6.45, 7) is 3.27. The zero-order valence-corrected chi connectivity index (χ0v) is 27.4. The maximum absolute atomic E-state index is 13.7. The topological polar surface area (TPSA) is 116 Å². The Labute approximate surface area is 278 Å². The van der Waals surface area contributed by atoms with Crippen LogP contribution in [0.5, 0.6) is 11.5 Å². The van der Waals surface area contributed by atoms with Gasteiger partial charge in [0.2, 0.25) is 11.8 Å². The molecule has 244 valence electrons. The van der Waals surface area contributed by atoms with E-state index in [0.29, 0.717) is 60.7 Å². The van der Waals surface area contributed by atoms with Gasteiger partial charge in [-0.25, -0.2) is 9.89 Å². The maximum Gasteiger partial charge on any atom is 0.259 e. The molecule has 1 atom stereocenters. The SMILES string of the molecule is COc1ccc(CCNC(=O)CSC2=Nc3ccccc3C3=NC(CCC(=O)N4CCN(c5ccccc5)CC4)C(=O)N23)cc1OC. The van der Waals surface area contributed by atoms with Crippen LogP contribution in [0.4, 0.5) is 11.4 Å². The maximum atomic E-state index is 13.7. The van der Waals surface area contributed by atoms with E-state index in [1.807, 2.05) is 65.6 Å². The molecule has 3 heterocycles. The average Bonchev–Trinajstić information content (AvgIpc) is 3.46. The predicted molar refractivity (Wildman–Crippen MR) is 184 cm³/mol. The fourth-order valence-corrected chi connectivity index (χ4v) is 6.75. The number of amidine groups is 2. The molecule has 12 heteroatoms. The molecule has 3 aliphatic rings. The quantitative estimate of drug-likeness (QED) is 0.334. The van der Waals surface area contributed by atoms with E-state index in [2.05, 4.69) is 22.3 Å². The molecule has 0 saturated carbocycles. The Kier molecular flexibility index (Phi) is 10.1. The molecule has 11 nitrogen and oxygen atoms in total. The van der Waals surface area contributed by atoms with Gasteiger partial charge in [0, 0.05) is 50.4 Å². The number of hydrogen-bond donors (Lipinski definition) is 1. The smallest absolute Gasteiger partial charge is 0.259 e. The molecule has 0 bridgehead atoms. The number of methoxy groups -OCH3 is 2. The van der Waals surface area contributed by atoms with Crippen LogP contribution in [0.2, 0.25) is 0 Å². The molecule has 0 aromatic heterocycles. The summed E-state index contributed by atoms with van der Waals surface area (Å²) in [5, 5.41) is 3.36. The van der Waals surface area contributed by atoms with Crippen LogP contribution in [0.25, 0.3) is 0 Å². The minimum atomic E-state index is -0.688. The highest BCUT2D eigenvalue weighted by Gasteiger charge is 2.41. The van der Waals surface area contributed by atoms with E-state index in [1.54, 1.807) is 14.2 Å². The van der Waals surface area contributed by atoms with Gasteiger partial charge < -0.3 is 24.6 Å². The Morgan fingerprint density at radius 3 is 2.45 bits per heavy atom. The Morgan fingerprint density at radius 1 is 0.936 bits per heavy atom. The molecule has 3 amide bonds. The number of para-hydroxylation sites is 2. The second-order valence-corrected chi connectivity index (χ2v) is 12.3. The summed E-state index contributed by atoms with van der Waals surface area (Å²) in [6.07, 6.45) is 1.17. The second kappa shape index (κ2) is 14.7. The first-order valence-corrected chi connectivity index (χ1v) is 16.7. The highest BCUT2D eigenvalue weighted by molar-refractivity contribution is 8.14. The molecular weight excluding hydrogens is 616 g/mol. The van der Waals surface area contributed by atoms with Crippen molar-refractivity contribution in [3.63, 3.8) is 0 Å². The number of piperazine rings is 1. The van der Waals surface area contributed by atoms with E-state index in [0.717, 1.165) is 29.9 Å². The summed E-state index contributed by atoms with van der Waals surface area (Å²) >= 11 is 1.20. The largest absolute Gasteiger partial charge is 0.493 e. The molecule has 1 N–H and O–H groups in total. The number of thioether (sulfide) groups is 1. The number of benzene rings is 3. The van der Waals surface area contributed by atoms with E-state index in [4.69, 9.17) is 19.5 Å². The number of fused-ring (bicyclic) bond motifs is 3. The summed E-state index contributed by atoms with van der Waals surface area (Å²) in [7, 11) is 3.18. The highest BCUT2D eigenvalue weighted by atomic mass is 32.2. The van der Waals surface area contributed by atoms with Crippen molar-refractivity contribution in [3.05, 3.63) is 83.9 Å². The molecule has 3 aliphatic heterocycles. The lowest BCUT2D eigenvalue weighted by Crippen LogP contribution is -2.49. The molecule has 1 unspecified atom stereocenters. The Balaban J connectivity index is 1.03. The van der Waals surface area contributed by atoms with E-state index in [9.17, 15) is 14.4 Å². The van der Waals surface area contributed by atoms with E-state index in [1.165, 1.54) is 16.7 Å². The number of carbonyl (C=O) groups is 3. The van der Waals surface area contributed by atoms with Crippen LogP contribution in [0.15, 0.2) is 82.8 Å². The molecule has 6 rings (SSSR count). The van der Waals surface area contributed by atoms with Gasteiger partial charge in [-0.15, -0.1) is 0 Å². The molecule has 0 aliphatic carbocycles. The van der Waals surface area contributed by atoms with Gasteiger partial charge in [0.25, 0.3) is 5.91 Å². The number of amides is 3. The summed E-state index contributed by atoms with van der Waals surface area (Å²) < 4.78 is 10.7. The van der Waals surface area contributed by atoms with Gasteiger partial charge in [0.1, 0.15) is 11.9 Å². The van der Waals surface area contributed by atoms with Gasteiger partial charge in [-0.05, 0) is 54.8 Å². The first-order chi connectivity index (χ1) is 22.9. The monoisotopic (exact) mass is 654 g/mol. The van der Waals surface area contributed by atoms with Crippen LogP contribution in [-0.4, -0.2) is 97.3 Å². The summed E-state index contributed by atoms with van der Waals surface area (Å²) in [5.41, 5.74) is 3.62. The van der Waals surface area contributed by atoms with Gasteiger partial charge in [-0.3, -0.25) is 19.4 Å². The zero-order valence-electron chi connectivity index (χ0n) is 26.6. The van der Waals surface area contributed by atoms with E-state index >= 15 is 0 Å². The third kappa shape index (κ3) is 7.27. The van der Waals surface area contributed by atoms with Gasteiger partial charge >= 0.3 is 0 Å². The van der Waals surface area contributed by atoms with Crippen LogP contribution < -0.4 is 19.7 Å². The Morgan fingerprint density at radius 2 is 1.68 bits per heavy atom. The molecule has 0 spiro atoms. The number of carbonyl (C=O) groups excluding carboxylic acids is 3. The normalized spacial score (nSPS) is 17.0. The first kappa shape index (κ1) is 32.1. The van der Waals surface area contributed by atoms with Crippen molar-refractivity contribution in [2.75, 3.05) is 57.6 Å². The lowest BCUT2D eigenvalue weighted by Gasteiger charge is -2.36. The molecule has 3 aromatic rings. The van der Waals surface area contributed by atoms with Crippen molar-refractivity contribution in [1.82, 2.24) is 15.1 Å². The van der Waals surface area contributed by atoms with Crippen molar-refractivity contribution in [2.45, 2.75) is 25.3 Å². The molecule has 47 heavy (non-hydrogen) atoms. The van der Waals surface area contributed by atoms with Crippen molar-refractivity contribution in [3.8, 4) is 11.5 Å². The third-order valence-electron chi connectivity index (χ3n) is 8.45. The van der Waals surface area contributed by atoms with Crippen molar-refractivity contribution >= 4 is 51.9 Å². The minimum Gasteiger partial charge on any atom is -0.493 e. The molecule has 1 fully saturated rings. The average molecular weight is 655 g/mol. The van der Waals surface area contributed by atoms with E-state index in [-0.39, 0.29) is 29.9 Å². The number of ether oxygens (including phenoxy) is 2. The Hall–Kier alpha value is -4.84. The zero-order chi connectivity index (χ0) is 32.8. The fourth-order valence-electron chi connectivity index (χ4n) is 5.92. The van der Waals surface area contributed by atoms with Gasteiger partial charge in [-0.1, -0.05) is 48.2 Å². The third-order valence-corrected chi connectivity index (χ3v) is 9.39. The van der Waals surface area contributed by atoms with Crippen molar-refractivity contribution in [1.29, 1.82) is 0 Å². The summed E-state index contributed by atoms with van der Waals surface area (Å²) in [5.74, 6) is 1.53. The number of nitrogens with zero attached hydrogens (tertiary/aromatic N) is 5. The standard InChI is InChI=1S/C35H38N6O5S/c1-45-29-14-12-24(22-30(29)46-2)16-17-36-31(42)23-47-35-38-27-11-7-6-10-26(27)33-37-28(34(44)41(33)35)13-15-32(43)40-20-18-39(19-21-40)25-8-4-3-5-9-25/h3-12,14,22,28H,13,15-21,23H2,1-2H3,(H,36,42). The highest BCUT2D eigenvalue weighted by Crippen LogP contribution is 2.34. The molecule has 1 saturated heterocycles. The molecular formula is C35H38N6O5S. The van der Waals surface area contributed by atoms with Crippen LogP contribution in [-0.2, 0) is 20.8 Å². The van der Waals surface area contributed by atoms with Crippen LogP contribution in [0, 0.1) is 0 Å². The van der Waals surface area contributed by atoms with Crippen LogP contribution in [0.3, 0.4) is 0 Å². The van der Waals surface area contributed by atoms with E-state index < -0.39 is 6.04 Å². The first-order valence-electron chi connectivity index (χ1n) is 15.7. The number of anilines is 1. The second-order valence-electron chi connectivity index (χ2n) is 11.4. The van der Waals surface area contributed by atoms with Gasteiger partial charge in [-0.2, -0.15) is 0 Å². The number of hydrogen-bond acceptors (Lipinski definition) is 9. The summed E-state index contributed by atoms with van der Waals surface area (Å²) in [4.78, 5) is 54.8. The van der Waals surface area contributed by atoms with Crippen LogP contribution >= 0.6 is 11.8 Å². The molecule has 3 aromatic carbocycles. The Bertz CT molecular complexity index is 1690. The minimum absolute atomic E-state index is 0.0315. The van der Waals surface area contributed by atoms with Crippen molar-refractivity contribution in [2.24, 2.45) is 9.98 Å². The summed E-state index contributed by atoms with van der Waals surface area (Å²) in [6, 6.07) is 22.7. The molecule has 0 radical (unpaired) electrons. The van der Waals surface area contributed by atoms with Gasteiger partial charge in [0.05, 0.1) is 25.7 Å². The lowest BCUT2D eigenvalue weighted by molar-refractivity contribution is -0.132. The van der Waals surface area contributed by atoms with Crippen LogP contribution in [0.1, 0.15) is 24.0 Å². The lowest BCUT2D eigenvalue weighted by atomic mass is 10.1. The number of aliphatic imine (C=N–C) groups is 2. The van der Waals surface area contributed by atoms with Crippen molar-refractivity contribution < 1.29 is 23.9 Å². The fraction of sp³-hybridized carbons (Fsp3) is 0.343. The number of nitrogens with one attached hydrogen (secondary N) is 1.